The van der Waals surface area contributed by atoms with Crippen LogP contribution in [0.25, 0.3) is 0 Å². The second kappa shape index (κ2) is 5.72. The quantitative estimate of drug-likeness (QED) is 0.843. The molecular formula is C15H21N3O. The number of carbonyl (C=O) groups excluding carboxylic acids is 1. The van der Waals surface area contributed by atoms with Gasteiger partial charge in [-0.1, -0.05) is 30.7 Å². The number of hydrazine groups is 1. The fourth-order valence-electron chi connectivity index (χ4n) is 2.96. The molecule has 0 spiro atoms. The van der Waals surface area contributed by atoms with Crippen molar-refractivity contribution in [3.63, 3.8) is 0 Å². The van der Waals surface area contributed by atoms with Crippen LogP contribution < -0.4 is 10.7 Å². The van der Waals surface area contributed by atoms with Crippen molar-refractivity contribution in [2.45, 2.75) is 31.7 Å². The topological polar surface area (TPSA) is 44.4 Å². The number of benzene rings is 1. The maximum absolute atomic E-state index is 12.4. The van der Waals surface area contributed by atoms with E-state index in [1.54, 1.807) is 0 Å². The molecule has 2 aliphatic heterocycles. The van der Waals surface area contributed by atoms with Gasteiger partial charge in [-0.15, -0.1) is 0 Å². The van der Waals surface area contributed by atoms with E-state index < -0.39 is 0 Å². The number of hydrogen-bond donors (Lipinski definition) is 2. The highest BCUT2D eigenvalue weighted by molar-refractivity contribution is 5.83. The highest BCUT2D eigenvalue weighted by Gasteiger charge is 2.27. The minimum atomic E-state index is -0.202. The van der Waals surface area contributed by atoms with Gasteiger partial charge in [0, 0.05) is 19.6 Å². The number of fused-ring (bicyclic) bond motifs is 1. The Morgan fingerprint density at radius 1 is 1.21 bits per heavy atom. The molecule has 0 saturated carbocycles. The van der Waals surface area contributed by atoms with Crippen LogP contribution in [0.15, 0.2) is 24.3 Å². The monoisotopic (exact) mass is 259 g/mol. The van der Waals surface area contributed by atoms with E-state index in [-0.39, 0.29) is 11.9 Å². The summed E-state index contributed by atoms with van der Waals surface area (Å²) < 4.78 is 0. The molecule has 4 heteroatoms. The van der Waals surface area contributed by atoms with Gasteiger partial charge >= 0.3 is 0 Å². The molecule has 0 radical (unpaired) electrons. The summed E-state index contributed by atoms with van der Waals surface area (Å²) in [5.74, 6) is 0.0778. The van der Waals surface area contributed by atoms with Gasteiger partial charge in [-0.3, -0.25) is 10.2 Å². The van der Waals surface area contributed by atoms with Crippen molar-refractivity contribution in [3.8, 4) is 0 Å². The molecule has 1 fully saturated rings. The van der Waals surface area contributed by atoms with Crippen molar-refractivity contribution < 1.29 is 4.79 Å². The predicted octanol–water partition coefficient (Wildman–Crippen LogP) is 1.39. The lowest BCUT2D eigenvalue weighted by Crippen LogP contribution is -2.50. The number of amides is 1. The van der Waals surface area contributed by atoms with Crippen LogP contribution >= 0.6 is 0 Å². The maximum Gasteiger partial charge on any atom is 0.256 e. The molecule has 1 aromatic rings. The van der Waals surface area contributed by atoms with Crippen molar-refractivity contribution in [2.24, 2.45) is 0 Å². The largest absolute Gasteiger partial charge is 0.302 e. The van der Waals surface area contributed by atoms with Crippen molar-refractivity contribution in [1.29, 1.82) is 0 Å². The molecule has 4 nitrogen and oxygen atoms in total. The number of carbonyl (C=O) groups is 1. The van der Waals surface area contributed by atoms with E-state index in [9.17, 15) is 4.79 Å². The molecule has 102 valence electrons. The first kappa shape index (κ1) is 12.6. The lowest BCUT2D eigenvalue weighted by molar-refractivity contribution is -0.128. The number of nitrogens with one attached hydrogen (secondary N) is 2. The van der Waals surface area contributed by atoms with Gasteiger partial charge in [0.2, 0.25) is 0 Å². The summed E-state index contributed by atoms with van der Waals surface area (Å²) in [6.07, 6.45) is 4.63. The normalized spacial score (nSPS) is 23.7. The van der Waals surface area contributed by atoms with Crippen LogP contribution in [0.1, 0.15) is 36.4 Å². The summed E-state index contributed by atoms with van der Waals surface area (Å²) in [7, 11) is 0. The number of rotatable bonds is 2. The van der Waals surface area contributed by atoms with Gasteiger partial charge in [-0.2, -0.15) is 0 Å². The Balaban J connectivity index is 1.70. The average molecular weight is 259 g/mol. The maximum atomic E-state index is 12.4. The van der Waals surface area contributed by atoms with Crippen LogP contribution in [0.3, 0.4) is 0 Å². The molecule has 1 atom stereocenters. The predicted molar refractivity (Wildman–Crippen MR) is 74.5 cm³/mol. The van der Waals surface area contributed by atoms with Crippen LogP contribution in [0.2, 0.25) is 0 Å². The van der Waals surface area contributed by atoms with E-state index in [4.69, 9.17) is 0 Å². The van der Waals surface area contributed by atoms with Crippen LogP contribution in [0.4, 0.5) is 0 Å². The number of piperidine rings is 1. The molecule has 1 aromatic carbocycles. The summed E-state index contributed by atoms with van der Waals surface area (Å²) in [5, 5.41) is 5.39. The molecule has 0 bridgehead atoms. The van der Waals surface area contributed by atoms with E-state index in [1.807, 2.05) is 12.1 Å². The standard InChI is InChI=1S/C15H21N3O/c19-15(17-18-10-4-1-5-11-18)14-13-7-3-2-6-12(13)8-9-16-14/h2-3,6-7,14,16H,1,4-5,8-11H2,(H,17,19). The van der Waals surface area contributed by atoms with Gasteiger partial charge in [0.25, 0.3) is 5.91 Å². The fourth-order valence-corrected chi connectivity index (χ4v) is 2.96. The van der Waals surface area contributed by atoms with Gasteiger partial charge in [0.15, 0.2) is 0 Å². The van der Waals surface area contributed by atoms with Gasteiger partial charge in [-0.05, 0) is 30.4 Å². The molecule has 2 aliphatic rings. The fraction of sp³-hybridized carbons (Fsp3) is 0.533. The zero-order valence-electron chi connectivity index (χ0n) is 11.2. The first-order valence-electron chi connectivity index (χ1n) is 7.21. The third kappa shape index (κ3) is 2.80. The zero-order chi connectivity index (χ0) is 13.1. The zero-order valence-corrected chi connectivity index (χ0v) is 11.2. The van der Waals surface area contributed by atoms with Crippen molar-refractivity contribution >= 4 is 5.91 Å². The summed E-state index contributed by atoms with van der Waals surface area (Å²) in [5.41, 5.74) is 5.48. The van der Waals surface area contributed by atoms with E-state index in [1.165, 1.54) is 24.8 Å². The van der Waals surface area contributed by atoms with Crippen LogP contribution in [-0.4, -0.2) is 30.6 Å². The lowest BCUT2D eigenvalue weighted by atomic mass is 9.94. The first-order valence-corrected chi connectivity index (χ1v) is 7.21. The molecule has 2 heterocycles. The summed E-state index contributed by atoms with van der Waals surface area (Å²) >= 11 is 0. The van der Waals surface area contributed by atoms with Crippen molar-refractivity contribution in [3.05, 3.63) is 35.4 Å². The average Bonchev–Trinajstić information content (AvgIpc) is 2.47. The van der Waals surface area contributed by atoms with Gasteiger partial charge in [-0.25, -0.2) is 5.01 Å². The van der Waals surface area contributed by atoms with Crippen molar-refractivity contribution in [1.82, 2.24) is 15.8 Å². The Labute approximate surface area is 114 Å². The molecule has 3 rings (SSSR count). The van der Waals surface area contributed by atoms with E-state index in [0.29, 0.717) is 0 Å². The molecule has 1 saturated heterocycles. The Kier molecular flexibility index (Phi) is 3.80. The first-order chi connectivity index (χ1) is 9.34. The summed E-state index contributed by atoms with van der Waals surface area (Å²) in [4.78, 5) is 12.4. The third-order valence-corrected chi connectivity index (χ3v) is 4.00. The molecule has 0 aromatic heterocycles. The summed E-state index contributed by atoms with van der Waals surface area (Å²) in [6.45, 7) is 2.81. The second-order valence-corrected chi connectivity index (χ2v) is 5.36. The summed E-state index contributed by atoms with van der Waals surface area (Å²) in [6, 6.07) is 8.03. The van der Waals surface area contributed by atoms with Gasteiger partial charge in [0.1, 0.15) is 6.04 Å². The molecule has 2 N–H and O–H groups in total. The molecule has 19 heavy (non-hydrogen) atoms. The smallest absolute Gasteiger partial charge is 0.256 e. The molecule has 1 unspecified atom stereocenters. The van der Waals surface area contributed by atoms with Gasteiger partial charge < -0.3 is 5.32 Å². The molecule has 0 aliphatic carbocycles. The number of hydrogen-bond acceptors (Lipinski definition) is 3. The Hall–Kier alpha value is -1.39. The second-order valence-electron chi connectivity index (χ2n) is 5.36. The number of nitrogens with zero attached hydrogens (tertiary/aromatic N) is 1. The third-order valence-electron chi connectivity index (χ3n) is 4.00. The minimum Gasteiger partial charge on any atom is -0.302 e. The lowest BCUT2D eigenvalue weighted by Gasteiger charge is -2.31. The minimum absolute atomic E-state index is 0.0778. The van der Waals surface area contributed by atoms with Crippen LogP contribution in [0, 0.1) is 0 Å². The highest BCUT2D eigenvalue weighted by Crippen LogP contribution is 2.22. The van der Waals surface area contributed by atoms with Crippen molar-refractivity contribution in [2.75, 3.05) is 19.6 Å². The van der Waals surface area contributed by atoms with Gasteiger partial charge in [0.05, 0.1) is 0 Å². The molecule has 1 amide bonds. The van der Waals surface area contributed by atoms with Crippen LogP contribution in [-0.2, 0) is 11.2 Å². The Bertz CT molecular complexity index is 454. The molecular weight excluding hydrogens is 238 g/mol. The Morgan fingerprint density at radius 2 is 2.00 bits per heavy atom. The van der Waals surface area contributed by atoms with E-state index >= 15 is 0 Å². The van der Waals surface area contributed by atoms with E-state index in [0.717, 1.165) is 31.6 Å². The van der Waals surface area contributed by atoms with E-state index in [2.05, 4.69) is 27.9 Å². The SMILES string of the molecule is O=C(NN1CCCCC1)C1NCCc2ccccc21. The Morgan fingerprint density at radius 3 is 2.84 bits per heavy atom. The van der Waals surface area contributed by atoms with Crippen LogP contribution in [0.5, 0.6) is 0 Å². The highest BCUT2D eigenvalue weighted by atomic mass is 16.2.